The second kappa shape index (κ2) is 5.19. The number of rotatable bonds is 1. The minimum Gasteiger partial charge on any atom is -0.353 e. The van der Waals surface area contributed by atoms with Gasteiger partial charge in [-0.2, -0.15) is 0 Å². The maximum Gasteiger partial charge on any atom is 0.312 e. The molecular weight excluding hydrogens is 299 g/mol. The summed E-state index contributed by atoms with van der Waals surface area (Å²) in [7, 11) is 0. The van der Waals surface area contributed by atoms with Crippen LogP contribution in [0.1, 0.15) is 0 Å². The topological polar surface area (TPSA) is 65.5 Å². The van der Waals surface area contributed by atoms with Gasteiger partial charge in [-0.25, -0.2) is 9.37 Å². The van der Waals surface area contributed by atoms with Gasteiger partial charge in [-0.15, -0.1) is 0 Å². The molecule has 6 nitrogen and oxygen atoms in total. The summed E-state index contributed by atoms with van der Waals surface area (Å²) in [4.78, 5) is 31.5. The lowest BCUT2D eigenvalue weighted by molar-refractivity contribution is -0.150. The number of benzene rings is 1. The molecule has 1 N–H and O–H groups in total. The molecule has 0 bridgehead atoms. The van der Waals surface area contributed by atoms with Gasteiger partial charge in [-0.3, -0.25) is 9.59 Å². The summed E-state index contributed by atoms with van der Waals surface area (Å²) in [6.45, 7) is 2.13. The number of carbonyl (C=O) groups is 2. The monoisotopic (exact) mass is 314 g/mol. The van der Waals surface area contributed by atoms with E-state index in [1.807, 2.05) is 12.1 Å². The zero-order valence-electron chi connectivity index (χ0n) is 12.3. The van der Waals surface area contributed by atoms with E-state index >= 15 is 0 Å². The zero-order valence-corrected chi connectivity index (χ0v) is 12.3. The number of nitrogens with one attached hydrogen (secondary N) is 1. The van der Waals surface area contributed by atoms with Crippen molar-refractivity contribution in [3.05, 3.63) is 36.1 Å². The standard InChI is InChI=1S/C16H15FN4O2/c17-11-3-1-10-2-4-14(19-13(10)7-11)20-5-6-21-12(9-20)8-18-15(22)16(21)23/h1-4,7,12H,5-6,8-9H2,(H,18,22). The Hall–Kier alpha value is -2.70. The third-order valence-electron chi connectivity index (χ3n) is 4.40. The summed E-state index contributed by atoms with van der Waals surface area (Å²) in [5.41, 5.74) is 0.609. The normalized spacial score (nSPS) is 21.3. The number of amides is 2. The van der Waals surface area contributed by atoms with Crippen LogP contribution in [0.15, 0.2) is 30.3 Å². The number of nitrogens with zero attached hydrogens (tertiary/aromatic N) is 3. The van der Waals surface area contributed by atoms with Crippen molar-refractivity contribution in [2.75, 3.05) is 31.1 Å². The Morgan fingerprint density at radius 1 is 1.17 bits per heavy atom. The van der Waals surface area contributed by atoms with Crippen molar-refractivity contribution in [1.82, 2.24) is 15.2 Å². The molecule has 1 aromatic carbocycles. The van der Waals surface area contributed by atoms with E-state index < -0.39 is 11.8 Å². The Labute approximate surface area is 131 Å². The average molecular weight is 314 g/mol. The first-order chi connectivity index (χ1) is 11.1. The molecule has 23 heavy (non-hydrogen) atoms. The highest BCUT2D eigenvalue weighted by atomic mass is 19.1. The van der Waals surface area contributed by atoms with Crippen molar-refractivity contribution in [1.29, 1.82) is 0 Å². The van der Waals surface area contributed by atoms with Gasteiger partial charge in [-0.05, 0) is 24.3 Å². The van der Waals surface area contributed by atoms with Gasteiger partial charge in [0.25, 0.3) is 0 Å². The van der Waals surface area contributed by atoms with Gasteiger partial charge in [-0.1, -0.05) is 0 Å². The molecule has 2 amide bonds. The van der Waals surface area contributed by atoms with Crippen LogP contribution in [0.3, 0.4) is 0 Å². The van der Waals surface area contributed by atoms with E-state index in [-0.39, 0.29) is 11.9 Å². The van der Waals surface area contributed by atoms with Crippen LogP contribution in [-0.2, 0) is 9.59 Å². The minimum absolute atomic E-state index is 0.0565. The third-order valence-corrected chi connectivity index (χ3v) is 4.40. The molecule has 3 heterocycles. The van der Waals surface area contributed by atoms with Crippen LogP contribution in [0.25, 0.3) is 10.9 Å². The summed E-state index contributed by atoms with van der Waals surface area (Å²) in [5, 5.41) is 3.50. The van der Waals surface area contributed by atoms with E-state index in [4.69, 9.17) is 0 Å². The lowest BCUT2D eigenvalue weighted by Gasteiger charge is -2.43. The first kappa shape index (κ1) is 13.9. The Kier molecular flexibility index (Phi) is 3.14. The van der Waals surface area contributed by atoms with Crippen LogP contribution in [0.4, 0.5) is 10.2 Å². The van der Waals surface area contributed by atoms with Crippen LogP contribution >= 0.6 is 0 Å². The van der Waals surface area contributed by atoms with Crippen LogP contribution in [0.5, 0.6) is 0 Å². The molecular formula is C16H15FN4O2. The third kappa shape index (κ3) is 2.38. The van der Waals surface area contributed by atoms with Crippen LogP contribution in [0, 0.1) is 5.82 Å². The molecule has 1 unspecified atom stereocenters. The molecule has 0 spiro atoms. The Morgan fingerprint density at radius 3 is 2.87 bits per heavy atom. The largest absolute Gasteiger partial charge is 0.353 e. The number of piperazine rings is 2. The van der Waals surface area contributed by atoms with E-state index in [1.54, 1.807) is 11.0 Å². The molecule has 2 aliphatic rings. The lowest BCUT2D eigenvalue weighted by Crippen LogP contribution is -2.65. The van der Waals surface area contributed by atoms with E-state index in [1.165, 1.54) is 12.1 Å². The van der Waals surface area contributed by atoms with Crippen LogP contribution in [-0.4, -0.2) is 53.9 Å². The van der Waals surface area contributed by atoms with Crippen molar-refractivity contribution in [2.24, 2.45) is 0 Å². The summed E-state index contributed by atoms with van der Waals surface area (Å²) < 4.78 is 13.4. The quantitative estimate of drug-likeness (QED) is 0.780. The maximum atomic E-state index is 13.4. The predicted molar refractivity (Wildman–Crippen MR) is 82.4 cm³/mol. The second-order valence-corrected chi connectivity index (χ2v) is 5.81. The predicted octanol–water partition coefficient (Wildman–Crippen LogP) is 0.521. The molecule has 2 saturated heterocycles. The fourth-order valence-corrected chi connectivity index (χ4v) is 3.18. The van der Waals surface area contributed by atoms with E-state index in [2.05, 4.69) is 15.2 Å². The smallest absolute Gasteiger partial charge is 0.312 e. The molecule has 2 fully saturated rings. The highest BCUT2D eigenvalue weighted by Crippen LogP contribution is 2.22. The van der Waals surface area contributed by atoms with Gasteiger partial charge < -0.3 is 15.1 Å². The van der Waals surface area contributed by atoms with Gasteiger partial charge in [0.15, 0.2) is 0 Å². The fourth-order valence-electron chi connectivity index (χ4n) is 3.18. The van der Waals surface area contributed by atoms with E-state index in [0.717, 1.165) is 11.2 Å². The van der Waals surface area contributed by atoms with Crippen molar-refractivity contribution in [3.8, 4) is 0 Å². The van der Waals surface area contributed by atoms with Gasteiger partial charge in [0.2, 0.25) is 0 Å². The van der Waals surface area contributed by atoms with E-state index in [0.29, 0.717) is 31.7 Å². The van der Waals surface area contributed by atoms with Gasteiger partial charge >= 0.3 is 11.8 Å². The van der Waals surface area contributed by atoms with Crippen LogP contribution in [0.2, 0.25) is 0 Å². The molecule has 0 radical (unpaired) electrons. The molecule has 118 valence electrons. The van der Waals surface area contributed by atoms with Gasteiger partial charge in [0.05, 0.1) is 11.6 Å². The molecule has 2 aromatic rings. The fraction of sp³-hybridized carbons (Fsp3) is 0.312. The molecule has 7 heteroatoms. The molecule has 2 aliphatic heterocycles. The summed E-state index contributed by atoms with van der Waals surface area (Å²) in [6.07, 6.45) is 0. The van der Waals surface area contributed by atoms with Crippen molar-refractivity contribution in [2.45, 2.75) is 6.04 Å². The highest BCUT2D eigenvalue weighted by Gasteiger charge is 2.37. The van der Waals surface area contributed by atoms with Gasteiger partial charge in [0, 0.05) is 37.6 Å². The summed E-state index contributed by atoms with van der Waals surface area (Å²) in [5.74, 6) is -0.553. The Bertz CT molecular complexity index is 810. The number of halogens is 1. The van der Waals surface area contributed by atoms with Gasteiger partial charge in [0.1, 0.15) is 11.6 Å². The molecule has 0 saturated carbocycles. The molecule has 1 atom stereocenters. The second-order valence-electron chi connectivity index (χ2n) is 5.81. The van der Waals surface area contributed by atoms with E-state index in [9.17, 15) is 14.0 Å². The molecule has 1 aromatic heterocycles. The SMILES string of the molecule is O=C1NCC2CN(c3ccc4ccc(F)cc4n3)CCN2C1=O. The zero-order chi connectivity index (χ0) is 16.0. The van der Waals surface area contributed by atoms with Crippen LogP contribution < -0.4 is 10.2 Å². The highest BCUT2D eigenvalue weighted by molar-refractivity contribution is 6.35. The first-order valence-electron chi connectivity index (χ1n) is 7.52. The number of hydrogen-bond donors (Lipinski definition) is 1. The Balaban J connectivity index is 1.60. The summed E-state index contributed by atoms with van der Waals surface area (Å²) in [6, 6.07) is 8.29. The number of anilines is 1. The number of aromatic nitrogens is 1. The minimum atomic E-state index is -0.533. The number of hydrogen-bond acceptors (Lipinski definition) is 4. The molecule has 4 rings (SSSR count). The number of fused-ring (bicyclic) bond motifs is 2. The van der Waals surface area contributed by atoms with Crippen molar-refractivity contribution >= 4 is 28.5 Å². The van der Waals surface area contributed by atoms with Crippen molar-refractivity contribution in [3.63, 3.8) is 0 Å². The number of carbonyl (C=O) groups excluding carboxylic acids is 2. The lowest BCUT2D eigenvalue weighted by atomic mass is 10.1. The summed E-state index contributed by atoms with van der Waals surface area (Å²) >= 11 is 0. The maximum absolute atomic E-state index is 13.4. The average Bonchev–Trinajstić information content (AvgIpc) is 2.57. The molecule has 0 aliphatic carbocycles. The van der Waals surface area contributed by atoms with Crippen molar-refractivity contribution < 1.29 is 14.0 Å². The number of pyridine rings is 1. The Morgan fingerprint density at radius 2 is 2.00 bits per heavy atom. The first-order valence-corrected chi connectivity index (χ1v) is 7.52.